The van der Waals surface area contributed by atoms with Crippen molar-refractivity contribution in [3.8, 4) is 5.69 Å². The van der Waals surface area contributed by atoms with Crippen LogP contribution in [-0.4, -0.2) is 46.7 Å². The fraction of sp³-hybridized carbons (Fsp3) is 0.500. The number of aryl methyl sites for hydroxylation is 1. The minimum Gasteiger partial charge on any atom is -0.370 e. The van der Waals surface area contributed by atoms with E-state index in [0.29, 0.717) is 24.7 Å². The number of alkyl halides is 3. The Morgan fingerprint density at radius 1 is 0.940 bits per heavy atom. The fourth-order valence-electron chi connectivity index (χ4n) is 5.19. The first kappa shape index (κ1) is 40.3. The summed E-state index contributed by atoms with van der Waals surface area (Å²) in [6.45, 7) is 16.4. The number of H-pyrrole nitrogens is 1. The molecule has 0 bridgehead atoms. The van der Waals surface area contributed by atoms with Crippen molar-refractivity contribution in [1.29, 1.82) is 0 Å². The van der Waals surface area contributed by atoms with Crippen LogP contribution >= 0.6 is 0 Å². The number of nitrogens with zero attached hydrogens (tertiary/aromatic N) is 3. The second-order valence-corrected chi connectivity index (χ2v) is 14.9. The zero-order valence-electron chi connectivity index (χ0n) is 30.8. The summed E-state index contributed by atoms with van der Waals surface area (Å²) in [6.07, 6.45) is 0.940. The van der Waals surface area contributed by atoms with Crippen LogP contribution in [0.5, 0.6) is 0 Å². The van der Waals surface area contributed by atoms with Crippen molar-refractivity contribution < 1.29 is 13.2 Å². The van der Waals surface area contributed by atoms with Gasteiger partial charge in [0, 0.05) is 41.8 Å². The van der Waals surface area contributed by atoms with Crippen molar-refractivity contribution in [1.82, 2.24) is 25.2 Å². The van der Waals surface area contributed by atoms with Crippen LogP contribution in [0, 0.1) is 0 Å². The number of fused-ring (bicyclic) bond motifs is 1. The van der Waals surface area contributed by atoms with Crippen molar-refractivity contribution >= 4 is 17.0 Å². The van der Waals surface area contributed by atoms with E-state index in [-0.39, 0.29) is 22.5 Å². The summed E-state index contributed by atoms with van der Waals surface area (Å²) in [5, 5.41) is 7.41. The second kappa shape index (κ2) is 17.2. The molecule has 2 heterocycles. The highest BCUT2D eigenvalue weighted by molar-refractivity contribution is 5.76. The van der Waals surface area contributed by atoms with Crippen LogP contribution in [0.4, 0.5) is 13.2 Å². The van der Waals surface area contributed by atoms with Gasteiger partial charge in [-0.05, 0) is 98.6 Å². The fourth-order valence-corrected chi connectivity index (χ4v) is 5.19. The highest BCUT2D eigenvalue weighted by Gasteiger charge is 2.32. The number of nitrogens with one attached hydrogen (secondary N) is 3. The van der Waals surface area contributed by atoms with Gasteiger partial charge in [-0.1, -0.05) is 59.7 Å². The standard InChI is InChI=1S/C21H29N7O.C17H26F3N/c1-21(2,3)17-11-15-13-28(20(29)27-18(15)26-17)16-7-5-14(6-8-16)12-24-9-4-10-25-19(22)23;1-12(21-5)7-6-8-13-9-14(16(2,3)4)11-15(10-13)17(18,19)20/h5-8,11,13,24H,4,9-10,12H2,1-3H3,(H4,22,23,25)(H,26,27,29);9-12,21H,6-8H2,1-5H3/t;12-/m.0/s1. The van der Waals surface area contributed by atoms with Crippen molar-refractivity contribution in [3.05, 3.63) is 93.2 Å². The van der Waals surface area contributed by atoms with Gasteiger partial charge in [0.1, 0.15) is 5.65 Å². The molecule has 7 N–H and O–H groups in total. The monoisotopic (exact) mass is 696 g/mol. The van der Waals surface area contributed by atoms with Crippen LogP contribution in [0.3, 0.4) is 0 Å². The van der Waals surface area contributed by atoms with Crippen LogP contribution in [0.2, 0.25) is 0 Å². The molecule has 0 aliphatic rings. The molecule has 4 rings (SSSR count). The van der Waals surface area contributed by atoms with Gasteiger partial charge >= 0.3 is 11.9 Å². The topological polar surface area (TPSA) is 139 Å². The minimum atomic E-state index is -4.28. The van der Waals surface area contributed by atoms with Gasteiger partial charge < -0.3 is 27.1 Å². The smallest absolute Gasteiger partial charge is 0.370 e. The minimum absolute atomic E-state index is 0.0352. The molecule has 0 aliphatic heterocycles. The molecule has 274 valence electrons. The lowest BCUT2D eigenvalue weighted by molar-refractivity contribution is -0.137. The Morgan fingerprint density at radius 2 is 1.60 bits per heavy atom. The maximum absolute atomic E-state index is 13.0. The van der Waals surface area contributed by atoms with E-state index < -0.39 is 11.7 Å². The number of aliphatic imine (C=N–C) groups is 1. The number of aromatic nitrogens is 3. The number of aromatic amines is 1. The second-order valence-electron chi connectivity index (χ2n) is 14.9. The Hall–Kier alpha value is -4.16. The van der Waals surface area contributed by atoms with Gasteiger partial charge in [0.2, 0.25) is 0 Å². The predicted molar refractivity (Wildman–Crippen MR) is 199 cm³/mol. The molecular weight excluding hydrogens is 641 g/mol. The number of benzene rings is 2. The number of hydrogen-bond donors (Lipinski definition) is 5. The van der Waals surface area contributed by atoms with Crippen molar-refractivity contribution in [2.45, 2.75) is 104 Å². The molecule has 0 fully saturated rings. The zero-order chi connectivity index (χ0) is 37.3. The van der Waals surface area contributed by atoms with E-state index in [1.165, 1.54) is 12.1 Å². The van der Waals surface area contributed by atoms with Crippen LogP contribution in [0.1, 0.15) is 95.7 Å². The maximum atomic E-state index is 13.0. The van der Waals surface area contributed by atoms with Gasteiger partial charge in [-0.2, -0.15) is 18.2 Å². The number of halogens is 3. The number of hydrogen-bond acceptors (Lipinski definition) is 5. The summed E-state index contributed by atoms with van der Waals surface area (Å²) >= 11 is 0. The summed E-state index contributed by atoms with van der Waals surface area (Å²) in [5.74, 6) is 0.123. The van der Waals surface area contributed by atoms with Crippen molar-refractivity contribution in [2.24, 2.45) is 16.5 Å². The van der Waals surface area contributed by atoms with Gasteiger partial charge in [-0.15, -0.1) is 0 Å². The zero-order valence-corrected chi connectivity index (χ0v) is 30.8. The molecule has 0 saturated heterocycles. The largest absolute Gasteiger partial charge is 0.416 e. The normalized spacial score (nSPS) is 12.8. The van der Waals surface area contributed by atoms with Crippen LogP contribution in [0.25, 0.3) is 16.7 Å². The first-order valence-electron chi connectivity index (χ1n) is 17.1. The van der Waals surface area contributed by atoms with Crippen LogP contribution in [0.15, 0.2) is 64.5 Å². The molecule has 12 heteroatoms. The van der Waals surface area contributed by atoms with Crippen LogP contribution in [-0.2, 0) is 30.0 Å². The molecule has 50 heavy (non-hydrogen) atoms. The Bertz CT molecular complexity index is 1720. The van der Waals surface area contributed by atoms with E-state index in [2.05, 4.69) is 59.4 Å². The molecule has 4 aromatic rings. The van der Waals surface area contributed by atoms with Gasteiger partial charge in [-0.25, -0.2) is 4.79 Å². The summed E-state index contributed by atoms with van der Waals surface area (Å²) in [4.78, 5) is 23.9. The number of rotatable bonds is 12. The first-order valence-corrected chi connectivity index (χ1v) is 17.1. The Labute approximate surface area is 294 Å². The Morgan fingerprint density at radius 3 is 2.18 bits per heavy atom. The summed E-state index contributed by atoms with van der Waals surface area (Å²) in [6, 6.07) is 14.8. The highest BCUT2D eigenvalue weighted by atomic mass is 19.4. The van der Waals surface area contributed by atoms with E-state index in [1.807, 2.05) is 64.3 Å². The Balaban J connectivity index is 0.000000286. The van der Waals surface area contributed by atoms with Gasteiger partial charge in [0.15, 0.2) is 5.96 Å². The molecular formula is C38H55F3N8O. The maximum Gasteiger partial charge on any atom is 0.416 e. The molecule has 0 spiro atoms. The molecule has 2 aromatic carbocycles. The van der Waals surface area contributed by atoms with E-state index in [0.717, 1.165) is 65.8 Å². The molecule has 1 atom stereocenters. The summed E-state index contributed by atoms with van der Waals surface area (Å²) in [5.41, 5.74) is 14.6. The molecule has 0 unspecified atom stereocenters. The third-order valence-electron chi connectivity index (χ3n) is 8.45. The van der Waals surface area contributed by atoms with E-state index in [4.69, 9.17) is 11.5 Å². The first-order chi connectivity index (χ1) is 23.3. The predicted octanol–water partition coefficient (Wildman–Crippen LogP) is 6.70. The molecule has 9 nitrogen and oxygen atoms in total. The number of nitrogens with two attached hydrogens (primary N) is 2. The molecule has 0 saturated carbocycles. The van der Waals surface area contributed by atoms with E-state index in [1.54, 1.807) is 4.57 Å². The number of guanidine groups is 1. The average Bonchev–Trinajstić information content (AvgIpc) is 3.45. The lowest BCUT2D eigenvalue weighted by atomic mass is 9.84. The lowest BCUT2D eigenvalue weighted by Crippen LogP contribution is -2.23. The lowest BCUT2D eigenvalue weighted by Gasteiger charge is -2.22. The van der Waals surface area contributed by atoms with E-state index >= 15 is 0 Å². The van der Waals surface area contributed by atoms with Crippen molar-refractivity contribution in [2.75, 3.05) is 20.1 Å². The molecule has 0 amide bonds. The Kier molecular flexibility index (Phi) is 13.8. The third kappa shape index (κ3) is 12.3. The van der Waals surface area contributed by atoms with Gasteiger partial charge in [0.25, 0.3) is 0 Å². The van der Waals surface area contributed by atoms with Gasteiger partial charge in [0.05, 0.1) is 11.3 Å². The third-order valence-corrected chi connectivity index (χ3v) is 8.45. The molecule has 0 aliphatic carbocycles. The molecule has 0 radical (unpaired) electrons. The van der Waals surface area contributed by atoms with Crippen molar-refractivity contribution in [3.63, 3.8) is 0 Å². The molecule has 2 aromatic heterocycles. The SMILES string of the molecule is CC(C)(C)c1cc2cn(-c3ccc(CNCCCN=C(N)N)cc3)c(=O)nc2[nH]1.CN[C@@H](C)CCCc1cc(C(C)(C)C)cc(C(F)(F)F)c1. The van der Waals surface area contributed by atoms with E-state index in [9.17, 15) is 18.0 Å². The van der Waals surface area contributed by atoms with Crippen LogP contribution < -0.4 is 27.8 Å². The quantitative estimate of drug-likeness (QED) is 0.0635. The van der Waals surface area contributed by atoms with Gasteiger partial charge in [-0.3, -0.25) is 9.56 Å². The summed E-state index contributed by atoms with van der Waals surface area (Å²) in [7, 11) is 1.90. The highest BCUT2D eigenvalue weighted by Crippen LogP contribution is 2.34. The average molecular weight is 697 g/mol. The summed E-state index contributed by atoms with van der Waals surface area (Å²) < 4.78 is 40.7.